The van der Waals surface area contributed by atoms with Gasteiger partial charge >= 0.3 is 16.4 Å². The van der Waals surface area contributed by atoms with Crippen LogP contribution in [-0.2, 0) is 21.7 Å². The van der Waals surface area contributed by atoms with E-state index in [1.807, 2.05) is 0 Å². The number of rotatable bonds is 3. The van der Waals surface area contributed by atoms with E-state index in [9.17, 15) is 13.2 Å². The molecule has 110 valence electrons. The number of carbonyl (C=O) groups is 1. The van der Waals surface area contributed by atoms with Crippen LogP contribution in [0.5, 0.6) is 0 Å². The van der Waals surface area contributed by atoms with Gasteiger partial charge in [0, 0.05) is 6.54 Å². The SMILES string of the molecule is Cn1nnc([C@@H]2CCC3CN2C(=O)N3OS(=O)(=O)O)n1. The van der Waals surface area contributed by atoms with Gasteiger partial charge in [0.25, 0.3) is 0 Å². The Hall–Kier alpha value is -1.79. The fourth-order valence-electron chi connectivity index (χ4n) is 2.53. The van der Waals surface area contributed by atoms with E-state index in [0.29, 0.717) is 23.7 Å². The van der Waals surface area contributed by atoms with Gasteiger partial charge in [0.15, 0.2) is 5.82 Å². The zero-order valence-corrected chi connectivity index (χ0v) is 11.3. The summed E-state index contributed by atoms with van der Waals surface area (Å²) in [4.78, 5) is 14.8. The fourth-order valence-corrected chi connectivity index (χ4v) is 2.92. The van der Waals surface area contributed by atoms with E-state index in [1.54, 1.807) is 7.05 Å². The summed E-state index contributed by atoms with van der Waals surface area (Å²) in [5.41, 5.74) is 0. The maximum atomic E-state index is 12.1. The Kier molecular flexibility index (Phi) is 2.88. The number of urea groups is 1. The van der Waals surface area contributed by atoms with E-state index in [2.05, 4.69) is 19.7 Å². The predicted molar refractivity (Wildman–Crippen MR) is 61.1 cm³/mol. The largest absolute Gasteiger partial charge is 0.418 e. The fraction of sp³-hybridized carbons (Fsp3) is 0.750. The molecule has 1 unspecified atom stereocenters. The third-order valence-electron chi connectivity index (χ3n) is 3.32. The minimum Gasteiger partial charge on any atom is -0.310 e. The molecule has 0 radical (unpaired) electrons. The highest BCUT2D eigenvalue weighted by Gasteiger charge is 2.48. The molecule has 0 aromatic carbocycles. The summed E-state index contributed by atoms with van der Waals surface area (Å²) in [7, 11) is -3.11. The molecule has 0 saturated carbocycles. The molecular weight excluding hydrogens is 292 g/mol. The Morgan fingerprint density at radius 1 is 1.40 bits per heavy atom. The molecule has 0 spiro atoms. The van der Waals surface area contributed by atoms with Gasteiger partial charge in [-0.15, -0.1) is 14.5 Å². The van der Waals surface area contributed by atoms with Crippen LogP contribution in [0.2, 0.25) is 0 Å². The van der Waals surface area contributed by atoms with E-state index < -0.39 is 22.5 Å². The van der Waals surface area contributed by atoms with E-state index in [4.69, 9.17) is 4.55 Å². The molecule has 1 aromatic heterocycles. The molecule has 2 atom stereocenters. The van der Waals surface area contributed by atoms with Gasteiger partial charge < -0.3 is 4.90 Å². The van der Waals surface area contributed by atoms with Gasteiger partial charge in [-0.2, -0.15) is 18.3 Å². The molecule has 11 nitrogen and oxygen atoms in total. The molecule has 3 rings (SSSR count). The van der Waals surface area contributed by atoms with E-state index >= 15 is 0 Å². The highest BCUT2D eigenvalue weighted by Crippen LogP contribution is 2.37. The maximum absolute atomic E-state index is 12.1. The summed E-state index contributed by atoms with van der Waals surface area (Å²) in [5.74, 6) is 0.396. The van der Waals surface area contributed by atoms with E-state index in [-0.39, 0.29) is 12.6 Å². The lowest BCUT2D eigenvalue weighted by atomic mass is 10.0. The van der Waals surface area contributed by atoms with Crippen LogP contribution in [0.15, 0.2) is 0 Å². The summed E-state index contributed by atoms with van der Waals surface area (Å²) in [6, 6.07) is -1.43. The molecule has 2 aliphatic rings. The number of carbonyl (C=O) groups excluding carboxylic acids is 1. The van der Waals surface area contributed by atoms with Crippen molar-refractivity contribution in [1.82, 2.24) is 30.2 Å². The summed E-state index contributed by atoms with van der Waals surface area (Å²) < 4.78 is 34.5. The Morgan fingerprint density at radius 3 is 2.75 bits per heavy atom. The third kappa shape index (κ3) is 2.21. The minimum absolute atomic E-state index is 0.289. The quantitative estimate of drug-likeness (QED) is 0.695. The topological polar surface area (TPSA) is 131 Å². The van der Waals surface area contributed by atoms with Crippen molar-refractivity contribution in [3.8, 4) is 0 Å². The average Bonchev–Trinajstić information content (AvgIpc) is 2.88. The van der Waals surface area contributed by atoms with Crippen LogP contribution in [0.1, 0.15) is 24.7 Å². The van der Waals surface area contributed by atoms with Crippen LogP contribution >= 0.6 is 0 Å². The lowest BCUT2D eigenvalue weighted by molar-refractivity contribution is -0.0317. The van der Waals surface area contributed by atoms with Crippen molar-refractivity contribution < 1.29 is 22.0 Å². The van der Waals surface area contributed by atoms with Crippen LogP contribution in [0, 0.1) is 0 Å². The second kappa shape index (κ2) is 4.36. The lowest BCUT2D eigenvalue weighted by Gasteiger charge is -2.27. The number of hydroxylamine groups is 2. The van der Waals surface area contributed by atoms with Crippen LogP contribution < -0.4 is 0 Å². The first kappa shape index (κ1) is 13.2. The first-order chi connectivity index (χ1) is 9.35. The van der Waals surface area contributed by atoms with Crippen LogP contribution in [-0.4, -0.2) is 61.8 Å². The van der Waals surface area contributed by atoms with Crippen molar-refractivity contribution in [3.05, 3.63) is 5.82 Å². The number of aromatic nitrogens is 4. The van der Waals surface area contributed by atoms with Crippen molar-refractivity contribution in [3.63, 3.8) is 0 Å². The molecule has 2 fully saturated rings. The Labute approximate surface area is 114 Å². The number of aryl methyl sites for hydroxylation is 1. The molecule has 0 aliphatic carbocycles. The smallest absolute Gasteiger partial charge is 0.310 e. The molecule has 2 bridgehead atoms. The minimum atomic E-state index is -4.73. The number of hydrogen-bond acceptors (Lipinski definition) is 7. The van der Waals surface area contributed by atoms with Gasteiger partial charge in [-0.3, -0.25) is 4.55 Å². The van der Waals surface area contributed by atoms with Gasteiger partial charge in [-0.05, 0) is 18.1 Å². The molecule has 3 heterocycles. The molecule has 1 N–H and O–H groups in total. The molecule has 12 heteroatoms. The molecule has 1 aromatic rings. The summed E-state index contributed by atoms with van der Waals surface area (Å²) in [6.45, 7) is 0.289. The second-order valence-corrected chi connectivity index (χ2v) is 5.65. The number of fused-ring (bicyclic) bond motifs is 2. The van der Waals surface area contributed by atoms with Crippen molar-refractivity contribution in [1.29, 1.82) is 0 Å². The number of amides is 2. The highest BCUT2D eigenvalue weighted by molar-refractivity contribution is 7.80. The van der Waals surface area contributed by atoms with Gasteiger partial charge in [-0.25, -0.2) is 4.79 Å². The highest BCUT2D eigenvalue weighted by atomic mass is 32.3. The molecule has 2 saturated heterocycles. The zero-order chi connectivity index (χ0) is 14.5. The second-order valence-electron chi connectivity index (χ2n) is 4.65. The molecule has 2 aliphatic heterocycles. The van der Waals surface area contributed by atoms with Crippen LogP contribution in [0.4, 0.5) is 4.79 Å². The standard InChI is InChI=1S/C8H12N6O5S/c1-12-10-7(9-11-12)6-3-2-5-4-13(6)8(15)14(5)19-20(16,17)18/h5-6H,2-4H2,1H3,(H,16,17,18)/t5?,6-/m0/s1. The number of piperidine rings is 1. The summed E-state index contributed by atoms with van der Waals surface area (Å²) in [5, 5.41) is 12.3. The Morgan fingerprint density at radius 2 is 2.15 bits per heavy atom. The number of hydrogen-bond donors (Lipinski definition) is 1. The average molecular weight is 304 g/mol. The summed E-state index contributed by atoms with van der Waals surface area (Å²) in [6.07, 6.45) is 1.08. The van der Waals surface area contributed by atoms with Crippen molar-refractivity contribution in [2.75, 3.05) is 6.54 Å². The zero-order valence-electron chi connectivity index (χ0n) is 10.4. The Bertz CT molecular complexity index is 644. The van der Waals surface area contributed by atoms with E-state index in [1.165, 1.54) is 9.70 Å². The molecule has 20 heavy (non-hydrogen) atoms. The van der Waals surface area contributed by atoms with Gasteiger partial charge in [0.1, 0.15) is 0 Å². The molecular formula is C8H12N6O5S. The lowest BCUT2D eigenvalue weighted by Crippen LogP contribution is -2.35. The van der Waals surface area contributed by atoms with Gasteiger partial charge in [-0.1, -0.05) is 0 Å². The van der Waals surface area contributed by atoms with Crippen molar-refractivity contribution in [2.24, 2.45) is 7.05 Å². The predicted octanol–water partition coefficient (Wildman–Crippen LogP) is -1.11. The third-order valence-corrected chi connectivity index (χ3v) is 3.67. The van der Waals surface area contributed by atoms with E-state index in [0.717, 1.165) is 0 Å². The van der Waals surface area contributed by atoms with Gasteiger partial charge in [0.2, 0.25) is 0 Å². The van der Waals surface area contributed by atoms with Crippen LogP contribution in [0.3, 0.4) is 0 Å². The van der Waals surface area contributed by atoms with Crippen molar-refractivity contribution >= 4 is 16.4 Å². The van der Waals surface area contributed by atoms with Crippen LogP contribution in [0.25, 0.3) is 0 Å². The number of tetrazole rings is 1. The normalized spacial score (nSPS) is 26.4. The van der Waals surface area contributed by atoms with Gasteiger partial charge in [0.05, 0.1) is 19.1 Å². The number of nitrogens with zero attached hydrogens (tertiary/aromatic N) is 6. The monoisotopic (exact) mass is 304 g/mol. The summed E-state index contributed by atoms with van der Waals surface area (Å²) >= 11 is 0. The Balaban J connectivity index is 1.84. The first-order valence-electron chi connectivity index (χ1n) is 5.86. The first-order valence-corrected chi connectivity index (χ1v) is 7.22. The molecule has 2 amide bonds. The maximum Gasteiger partial charge on any atom is 0.418 e. The van der Waals surface area contributed by atoms with Crippen molar-refractivity contribution in [2.45, 2.75) is 24.9 Å².